The first-order chi connectivity index (χ1) is 8.04. The lowest BCUT2D eigenvalue weighted by molar-refractivity contribution is -0.143. The van der Waals surface area contributed by atoms with Crippen molar-refractivity contribution in [2.75, 3.05) is 19.7 Å². The fourth-order valence-electron chi connectivity index (χ4n) is 1.72. The van der Waals surface area contributed by atoms with Gasteiger partial charge >= 0.3 is 5.97 Å². The molecule has 96 valence electrons. The van der Waals surface area contributed by atoms with Crippen LogP contribution in [-0.2, 0) is 19.1 Å². The van der Waals surface area contributed by atoms with Crippen molar-refractivity contribution in [2.45, 2.75) is 32.7 Å². The van der Waals surface area contributed by atoms with Gasteiger partial charge < -0.3 is 15.0 Å². The van der Waals surface area contributed by atoms with Crippen LogP contribution < -0.4 is 5.32 Å². The van der Waals surface area contributed by atoms with Crippen LogP contribution in [0.5, 0.6) is 0 Å². The Labute approximate surface area is 100 Å². The molecule has 1 aliphatic rings. The van der Waals surface area contributed by atoms with E-state index in [0.29, 0.717) is 6.42 Å². The molecule has 17 heavy (non-hydrogen) atoms. The van der Waals surface area contributed by atoms with Gasteiger partial charge in [0.2, 0.25) is 11.8 Å². The fourth-order valence-corrected chi connectivity index (χ4v) is 1.72. The first-order valence-electron chi connectivity index (χ1n) is 5.76. The largest absolute Gasteiger partial charge is 0.465 e. The summed E-state index contributed by atoms with van der Waals surface area (Å²) in [6, 6.07) is 0.0934. The monoisotopic (exact) mass is 242 g/mol. The third kappa shape index (κ3) is 4.05. The molecule has 1 saturated heterocycles. The Morgan fingerprint density at radius 3 is 2.76 bits per heavy atom. The molecule has 0 bridgehead atoms. The molecule has 6 nitrogen and oxygen atoms in total. The summed E-state index contributed by atoms with van der Waals surface area (Å²) in [4.78, 5) is 35.4. The molecule has 1 N–H and O–H groups in total. The maximum absolute atomic E-state index is 11.5. The Hall–Kier alpha value is -1.59. The van der Waals surface area contributed by atoms with Gasteiger partial charge in [-0.15, -0.1) is 0 Å². The molecule has 1 unspecified atom stereocenters. The van der Waals surface area contributed by atoms with Gasteiger partial charge in [-0.3, -0.25) is 14.4 Å². The van der Waals surface area contributed by atoms with Gasteiger partial charge in [-0.25, -0.2) is 0 Å². The lowest BCUT2D eigenvalue weighted by Crippen LogP contribution is -2.42. The summed E-state index contributed by atoms with van der Waals surface area (Å²) in [5.41, 5.74) is 0. The molecule has 0 aromatic carbocycles. The van der Waals surface area contributed by atoms with Gasteiger partial charge in [0, 0.05) is 12.5 Å². The van der Waals surface area contributed by atoms with Gasteiger partial charge in [-0.05, 0) is 20.3 Å². The van der Waals surface area contributed by atoms with E-state index in [-0.39, 0.29) is 37.6 Å². The third-order valence-electron chi connectivity index (χ3n) is 2.68. The number of ether oxygens (including phenoxy) is 1. The number of esters is 1. The number of hydrogen-bond acceptors (Lipinski definition) is 4. The molecular weight excluding hydrogens is 224 g/mol. The van der Waals surface area contributed by atoms with Crippen molar-refractivity contribution in [3.63, 3.8) is 0 Å². The van der Waals surface area contributed by atoms with E-state index in [0.717, 1.165) is 6.42 Å². The second kappa shape index (κ2) is 6.22. The molecule has 2 amide bonds. The predicted octanol–water partition coefficient (Wildman–Crippen LogP) is -0.323. The average Bonchev–Trinajstić information content (AvgIpc) is 2.58. The van der Waals surface area contributed by atoms with E-state index in [1.54, 1.807) is 6.92 Å². The number of nitrogens with one attached hydrogen (secondary N) is 1. The van der Waals surface area contributed by atoms with Crippen molar-refractivity contribution in [2.24, 2.45) is 0 Å². The van der Waals surface area contributed by atoms with Crippen LogP contribution in [0.3, 0.4) is 0 Å². The molecule has 1 aliphatic heterocycles. The van der Waals surface area contributed by atoms with E-state index in [2.05, 4.69) is 10.1 Å². The minimum absolute atomic E-state index is 0.0104. The van der Waals surface area contributed by atoms with Gasteiger partial charge in [0.25, 0.3) is 0 Å². The number of nitrogens with zero attached hydrogens (tertiary/aromatic N) is 1. The van der Waals surface area contributed by atoms with Crippen molar-refractivity contribution in [3.8, 4) is 0 Å². The maximum Gasteiger partial charge on any atom is 0.325 e. The lowest BCUT2D eigenvalue weighted by atomic mass is 10.2. The zero-order valence-corrected chi connectivity index (χ0v) is 10.2. The Balaban J connectivity index is 2.29. The quantitative estimate of drug-likeness (QED) is 0.670. The summed E-state index contributed by atoms with van der Waals surface area (Å²) in [5, 5.41) is 2.43. The molecule has 1 heterocycles. The number of carbonyl (C=O) groups is 3. The molecule has 1 rings (SSSR count). The van der Waals surface area contributed by atoms with E-state index in [1.165, 1.54) is 4.90 Å². The van der Waals surface area contributed by atoms with E-state index in [4.69, 9.17) is 0 Å². The summed E-state index contributed by atoms with van der Waals surface area (Å²) in [6.45, 7) is 3.76. The summed E-state index contributed by atoms with van der Waals surface area (Å²) >= 11 is 0. The molecule has 1 fully saturated rings. The number of rotatable bonds is 5. The molecule has 0 saturated carbocycles. The fraction of sp³-hybridized carbons (Fsp3) is 0.727. The highest BCUT2D eigenvalue weighted by Gasteiger charge is 2.28. The Bertz CT molecular complexity index is 317. The molecule has 0 aromatic heterocycles. The van der Waals surface area contributed by atoms with Gasteiger partial charge in [0.05, 0.1) is 13.2 Å². The van der Waals surface area contributed by atoms with Crippen LogP contribution in [0, 0.1) is 0 Å². The number of amides is 2. The van der Waals surface area contributed by atoms with Crippen molar-refractivity contribution in [1.29, 1.82) is 0 Å². The highest BCUT2D eigenvalue weighted by Crippen LogP contribution is 2.16. The van der Waals surface area contributed by atoms with Crippen molar-refractivity contribution >= 4 is 17.8 Å². The minimum atomic E-state index is -0.471. The van der Waals surface area contributed by atoms with Gasteiger partial charge in [0.15, 0.2) is 0 Å². The van der Waals surface area contributed by atoms with Gasteiger partial charge in [-0.1, -0.05) is 0 Å². The van der Waals surface area contributed by atoms with Gasteiger partial charge in [-0.2, -0.15) is 0 Å². The molecular formula is C11H18N2O4. The Morgan fingerprint density at radius 1 is 1.53 bits per heavy atom. The molecule has 0 spiro atoms. The van der Waals surface area contributed by atoms with E-state index in [1.807, 2.05) is 6.92 Å². The number of likely N-dealkylation sites (tertiary alicyclic amines) is 1. The zero-order valence-electron chi connectivity index (χ0n) is 10.2. The topological polar surface area (TPSA) is 75.7 Å². The number of carbonyl (C=O) groups excluding carboxylic acids is 3. The SMILES string of the molecule is CCOC(=O)CNC(=O)CN1C(=O)CCC1C. The third-order valence-corrected chi connectivity index (χ3v) is 2.68. The highest BCUT2D eigenvalue weighted by atomic mass is 16.5. The van der Waals surface area contributed by atoms with E-state index >= 15 is 0 Å². The molecule has 0 radical (unpaired) electrons. The van der Waals surface area contributed by atoms with Crippen LogP contribution in [0.15, 0.2) is 0 Å². The van der Waals surface area contributed by atoms with Gasteiger partial charge in [0.1, 0.15) is 6.54 Å². The second-order valence-corrected chi connectivity index (χ2v) is 3.99. The first-order valence-corrected chi connectivity index (χ1v) is 5.76. The smallest absolute Gasteiger partial charge is 0.325 e. The zero-order chi connectivity index (χ0) is 12.8. The number of hydrogen-bond donors (Lipinski definition) is 1. The van der Waals surface area contributed by atoms with Crippen LogP contribution in [0.4, 0.5) is 0 Å². The second-order valence-electron chi connectivity index (χ2n) is 3.99. The molecule has 0 aromatic rings. The molecule has 0 aliphatic carbocycles. The Morgan fingerprint density at radius 2 is 2.24 bits per heavy atom. The molecule has 6 heteroatoms. The summed E-state index contributed by atoms with van der Waals surface area (Å²) in [7, 11) is 0. The minimum Gasteiger partial charge on any atom is -0.465 e. The normalized spacial score (nSPS) is 19.3. The lowest BCUT2D eigenvalue weighted by Gasteiger charge is -2.20. The van der Waals surface area contributed by atoms with Crippen LogP contribution in [0.25, 0.3) is 0 Å². The van der Waals surface area contributed by atoms with Crippen LogP contribution in [0.2, 0.25) is 0 Å². The predicted molar refractivity (Wildman–Crippen MR) is 60.1 cm³/mol. The first kappa shape index (κ1) is 13.5. The van der Waals surface area contributed by atoms with E-state index < -0.39 is 5.97 Å². The van der Waals surface area contributed by atoms with Crippen LogP contribution in [-0.4, -0.2) is 48.4 Å². The summed E-state index contributed by atoms with van der Waals surface area (Å²) in [6.07, 6.45) is 1.27. The summed E-state index contributed by atoms with van der Waals surface area (Å²) in [5.74, 6) is -0.814. The van der Waals surface area contributed by atoms with Crippen molar-refractivity contribution in [3.05, 3.63) is 0 Å². The van der Waals surface area contributed by atoms with Crippen molar-refractivity contribution in [1.82, 2.24) is 10.2 Å². The maximum atomic E-state index is 11.5. The Kier molecular flexibility index (Phi) is 4.93. The van der Waals surface area contributed by atoms with E-state index in [9.17, 15) is 14.4 Å². The van der Waals surface area contributed by atoms with Crippen LogP contribution >= 0.6 is 0 Å². The standard InChI is InChI=1S/C11H18N2O4/c1-3-17-11(16)6-12-9(14)7-13-8(2)4-5-10(13)15/h8H,3-7H2,1-2H3,(H,12,14). The summed E-state index contributed by atoms with van der Waals surface area (Å²) < 4.78 is 4.67. The highest BCUT2D eigenvalue weighted by molar-refractivity contribution is 5.88. The average molecular weight is 242 g/mol. The van der Waals surface area contributed by atoms with Crippen molar-refractivity contribution < 1.29 is 19.1 Å². The van der Waals surface area contributed by atoms with Crippen LogP contribution in [0.1, 0.15) is 26.7 Å². The molecule has 1 atom stereocenters.